The minimum absolute atomic E-state index is 0.0324. The molecular weight excluding hydrogens is 290 g/mol. The Labute approximate surface area is 131 Å². The zero-order valence-electron chi connectivity index (χ0n) is 13.8. The molecule has 0 radical (unpaired) electrons. The maximum absolute atomic E-state index is 11.8. The average molecular weight is 315 g/mol. The van der Waals surface area contributed by atoms with Gasteiger partial charge in [0.05, 0.1) is 20.1 Å². The van der Waals surface area contributed by atoms with Gasteiger partial charge in [0.2, 0.25) is 0 Å². The second-order valence-electron chi connectivity index (χ2n) is 5.70. The molecule has 0 spiro atoms. The molecule has 0 heterocycles. The fraction of sp³-hybridized carbons (Fsp3) is 0.667. The van der Waals surface area contributed by atoms with Crippen LogP contribution in [-0.2, 0) is 23.8 Å². The third-order valence-corrected chi connectivity index (χ3v) is 2.68. The van der Waals surface area contributed by atoms with Gasteiger partial charge in [-0.2, -0.15) is 0 Å². The van der Waals surface area contributed by atoms with Gasteiger partial charge in [-0.3, -0.25) is 4.79 Å². The van der Waals surface area contributed by atoms with E-state index in [9.17, 15) is 14.4 Å². The maximum Gasteiger partial charge on any atom is 0.408 e. The van der Waals surface area contributed by atoms with Crippen LogP contribution in [0.2, 0.25) is 0 Å². The normalized spacial score (nSPS) is 13.5. The molecular formula is C15H25NO6. The Balaban J connectivity index is 4.96. The number of hydrogen-bond donors (Lipinski definition) is 1. The van der Waals surface area contributed by atoms with Gasteiger partial charge in [-0.1, -0.05) is 6.08 Å². The Bertz CT molecular complexity index is 413. The fourth-order valence-electron chi connectivity index (χ4n) is 1.75. The molecule has 0 saturated heterocycles. The van der Waals surface area contributed by atoms with E-state index in [4.69, 9.17) is 4.74 Å². The lowest BCUT2D eigenvalue weighted by Gasteiger charge is -2.24. The van der Waals surface area contributed by atoms with Crippen molar-refractivity contribution in [2.75, 3.05) is 14.2 Å². The molecule has 0 aromatic carbocycles. The highest BCUT2D eigenvalue weighted by Gasteiger charge is 2.30. The molecule has 0 saturated carbocycles. The monoisotopic (exact) mass is 315 g/mol. The zero-order valence-corrected chi connectivity index (χ0v) is 13.8. The molecule has 0 bridgehead atoms. The zero-order chi connectivity index (χ0) is 17.3. The molecule has 7 nitrogen and oxygen atoms in total. The number of ether oxygens (including phenoxy) is 3. The number of allylic oxidation sites excluding steroid dienone is 1. The lowest BCUT2D eigenvalue weighted by molar-refractivity contribution is -0.148. The summed E-state index contributed by atoms with van der Waals surface area (Å²) in [6.45, 7) is 8.67. The summed E-state index contributed by atoms with van der Waals surface area (Å²) in [5.41, 5.74) is -0.701. The van der Waals surface area contributed by atoms with Gasteiger partial charge in [0.25, 0.3) is 0 Å². The number of nitrogens with one attached hydrogen (secondary N) is 1. The van der Waals surface area contributed by atoms with Crippen molar-refractivity contribution >= 4 is 18.0 Å². The van der Waals surface area contributed by atoms with E-state index < -0.39 is 35.6 Å². The van der Waals surface area contributed by atoms with Crippen LogP contribution in [0.4, 0.5) is 4.79 Å². The van der Waals surface area contributed by atoms with Crippen LogP contribution in [0, 0.1) is 5.92 Å². The molecule has 7 heteroatoms. The van der Waals surface area contributed by atoms with Crippen LogP contribution in [0.1, 0.15) is 33.6 Å². The molecule has 0 unspecified atom stereocenters. The minimum atomic E-state index is -1.01. The first kappa shape index (κ1) is 19.9. The summed E-state index contributed by atoms with van der Waals surface area (Å²) in [5, 5.41) is 2.41. The van der Waals surface area contributed by atoms with Crippen molar-refractivity contribution in [2.45, 2.75) is 45.3 Å². The molecule has 2 atom stereocenters. The van der Waals surface area contributed by atoms with E-state index in [-0.39, 0.29) is 6.42 Å². The van der Waals surface area contributed by atoms with Gasteiger partial charge in [0, 0.05) is 0 Å². The summed E-state index contributed by atoms with van der Waals surface area (Å²) in [7, 11) is 2.46. The summed E-state index contributed by atoms with van der Waals surface area (Å²) in [6.07, 6.45) is 1.13. The summed E-state index contributed by atoms with van der Waals surface area (Å²) >= 11 is 0. The van der Waals surface area contributed by atoms with Crippen molar-refractivity contribution in [3.05, 3.63) is 12.7 Å². The van der Waals surface area contributed by atoms with E-state index in [1.807, 2.05) is 0 Å². The summed E-state index contributed by atoms with van der Waals surface area (Å²) in [5.74, 6) is -1.76. The molecule has 126 valence electrons. The number of amides is 1. The van der Waals surface area contributed by atoms with Crippen molar-refractivity contribution in [3.63, 3.8) is 0 Å². The smallest absolute Gasteiger partial charge is 0.408 e. The van der Waals surface area contributed by atoms with Gasteiger partial charge >= 0.3 is 18.0 Å². The SMILES string of the molecule is C=CC[C@H](C[C@H](NC(=O)OC(C)(C)C)C(=O)OC)C(=O)OC. The highest BCUT2D eigenvalue weighted by molar-refractivity contribution is 5.82. The number of carbonyl (C=O) groups is 3. The first-order valence-corrected chi connectivity index (χ1v) is 6.90. The molecule has 0 rings (SSSR count). The van der Waals surface area contributed by atoms with Gasteiger partial charge in [-0.15, -0.1) is 6.58 Å². The second kappa shape index (κ2) is 9.07. The van der Waals surface area contributed by atoms with Crippen molar-refractivity contribution in [2.24, 2.45) is 5.92 Å². The van der Waals surface area contributed by atoms with E-state index >= 15 is 0 Å². The van der Waals surface area contributed by atoms with Crippen molar-refractivity contribution in [1.82, 2.24) is 5.32 Å². The third kappa shape index (κ3) is 7.66. The van der Waals surface area contributed by atoms with Crippen LogP contribution in [-0.4, -0.2) is 43.9 Å². The summed E-state index contributed by atoms with van der Waals surface area (Å²) in [4.78, 5) is 35.3. The van der Waals surface area contributed by atoms with Gasteiger partial charge in [0.1, 0.15) is 11.6 Å². The molecule has 22 heavy (non-hydrogen) atoms. The van der Waals surface area contributed by atoms with Gasteiger partial charge in [-0.25, -0.2) is 9.59 Å². The minimum Gasteiger partial charge on any atom is -0.469 e. The lowest BCUT2D eigenvalue weighted by Crippen LogP contribution is -2.45. The Kier molecular flexibility index (Phi) is 8.22. The first-order valence-electron chi connectivity index (χ1n) is 6.90. The van der Waals surface area contributed by atoms with Gasteiger partial charge < -0.3 is 19.5 Å². The molecule has 0 aromatic heterocycles. The molecule has 0 fully saturated rings. The molecule has 0 aliphatic heterocycles. The van der Waals surface area contributed by atoms with E-state index in [1.165, 1.54) is 14.2 Å². The van der Waals surface area contributed by atoms with Crippen LogP contribution in [0.3, 0.4) is 0 Å². The molecule has 0 aliphatic rings. The Morgan fingerprint density at radius 2 is 1.68 bits per heavy atom. The van der Waals surface area contributed by atoms with Crippen LogP contribution in [0.15, 0.2) is 12.7 Å². The summed E-state index contributed by atoms with van der Waals surface area (Å²) < 4.78 is 14.4. The quantitative estimate of drug-likeness (QED) is 0.438. The second-order valence-corrected chi connectivity index (χ2v) is 5.70. The molecule has 1 N–H and O–H groups in total. The number of alkyl carbamates (subject to hydrolysis) is 1. The largest absolute Gasteiger partial charge is 0.469 e. The Morgan fingerprint density at radius 1 is 1.14 bits per heavy atom. The van der Waals surface area contributed by atoms with E-state index in [0.717, 1.165) is 0 Å². The van der Waals surface area contributed by atoms with Crippen LogP contribution in [0.25, 0.3) is 0 Å². The fourth-order valence-corrected chi connectivity index (χ4v) is 1.75. The molecule has 1 amide bonds. The molecule has 0 aliphatic carbocycles. The van der Waals surface area contributed by atoms with Crippen molar-refractivity contribution < 1.29 is 28.6 Å². The summed E-state index contributed by atoms with van der Waals surface area (Å²) in [6, 6.07) is -1.01. The highest BCUT2D eigenvalue weighted by Crippen LogP contribution is 2.16. The number of rotatable bonds is 7. The van der Waals surface area contributed by atoms with Crippen LogP contribution < -0.4 is 5.32 Å². The van der Waals surface area contributed by atoms with E-state index in [1.54, 1.807) is 26.8 Å². The lowest BCUT2D eigenvalue weighted by atomic mass is 9.96. The van der Waals surface area contributed by atoms with Crippen LogP contribution in [0.5, 0.6) is 0 Å². The number of hydrogen-bond acceptors (Lipinski definition) is 6. The number of methoxy groups -OCH3 is 2. The van der Waals surface area contributed by atoms with Crippen LogP contribution >= 0.6 is 0 Å². The first-order chi connectivity index (χ1) is 10.1. The van der Waals surface area contributed by atoms with E-state index in [2.05, 4.69) is 21.4 Å². The highest BCUT2D eigenvalue weighted by atomic mass is 16.6. The number of esters is 2. The van der Waals surface area contributed by atoms with Crippen molar-refractivity contribution in [1.29, 1.82) is 0 Å². The third-order valence-electron chi connectivity index (χ3n) is 2.68. The predicted octanol–water partition coefficient (Wildman–Crippen LogP) is 1.81. The average Bonchev–Trinajstić information content (AvgIpc) is 2.42. The predicted molar refractivity (Wildman–Crippen MR) is 80.1 cm³/mol. The Morgan fingerprint density at radius 3 is 2.09 bits per heavy atom. The maximum atomic E-state index is 11.8. The standard InChI is InChI=1S/C15H25NO6/c1-7-8-10(12(17)20-5)9-11(13(18)21-6)16-14(19)22-15(2,3)4/h7,10-11H,1,8-9H2,2-6H3,(H,16,19)/t10-,11+/m1/s1. The van der Waals surface area contributed by atoms with Crippen molar-refractivity contribution in [3.8, 4) is 0 Å². The van der Waals surface area contributed by atoms with Gasteiger partial charge in [-0.05, 0) is 33.6 Å². The number of carbonyl (C=O) groups excluding carboxylic acids is 3. The molecule has 0 aromatic rings. The Hall–Kier alpha value is -2.05. The van der Waals surface area contributed by atoms with Gasteiger partial charge in [0.15, 0.2) is 0 Å². The topological polar surface area (TPSA) is 90.9 Å². The van der Waals surface area contributed by atoms with E-state index in [0.29, 0.717) is 6.42 Å².